The minimum Gasteiger partial charge on any atom is -0.357 e. The third-order valence-electron chi connectivity index (χ3n) is 4.93. The summed E-state index contributed by atoms with van der Waals surface area (Å²) in [4.78, 5) is 4.84. The van der Waals surface area contributed by atoms with Crippen LogP contribution in [0.15, 0.2) is 40.5 Å². The Hall–Kier alpha value is -2.02. The van der Waals surface area contributed by atoms with Gasteiger partial charge in [-0.25, -0.2) is 0 Å². The number of guanidine groups is 1. The second-order valence-corrected chi connectivity index (χ2v) is 9.36. The molecule has 0 aliphatic carbocycles. The number of thioether (sulfide) groups is 1. The average Bonchev–Trinajstić information content (AvgIpc) is 3.10. The molecule has 0 atom stereocenters. The Morgan fingerprint density at radius 1 is 1.17 bits per heavy atom. The van der Waals surface area contributed by atoms with Crippen LogP contribution in [0.4, 0.5) is 0 Å². The fraction of sp³-hybridized carbons (Fsp3) is 0.609. The maximum atomic E-state index is 4.84. The molecule has 0 aliphatic heterocycles. The minimum absolute atomic E-state index is 0.00883. The quantitative estimate of drug-likeness (QED) is 0.243. The number of aliphatic imine (C=N–C) groups is 1. The number of aromatic nitrogens is 3. The predicted octanol–water partition coefficient (Wildman–Crippen LogP) is 4.12. The average molecular weight is 431 g/mol. The summed E-state index contributed by atoms with van der Waals surface area (Å²) in [6, 6.07) is 10.6. The molecule has 1 aromatic carbocycles. The molecule has 2 rings (SSSR count). The van der Waals surface area contributed by atoms with Crippen LogP contribution >= 0.6 is 11.8 Å². The lowest BCUT2D eigenvalue weighted by Crippen LogP contribution is -2.39. The van der Waals surface area contributed by atoms with E-state index in [9.17, 15) is 0 Å². The summed E-state index contributed by atoms with van der Waals surface area (Å²) < 4.78 is 2.26. The third kappa shape index (κ3) is 7.35. The molecule has 166 valence electrons. The molecule has 0 fully saturated rings. The molecule has 0 radical (unpaired) electrons. The van der Waals surface area contributed by atoms with Crippen LogP contribution < -0.4 is 10.6 Å². The van der Waals surface area contributed by atoms with Gasteiger partial charge in [-0.1, -0.05) is 69.8 Å². The molecule has 6 nitrogen and oxygen atoms in total. The Bertz CT molecular complexity index is 782. The van der Waals surface area contributed by atoms with Gasteiger partial charge in [0.1, 0.15) is 5.82 Å². The first kappa shape index (κ1) is 24.3. The smallest absolute Gasteiger partial charge is 0.191 e. The third-order valence-corrected chi connectivity index (χ3v) is 5.59. The number of rotatable bonds is 11. The topological polar surface area (TPSA) is 67.1 Å². The molecule has 2 N–H and O–H groups in total. The molecule has 0 amide bonds. The van der Waals surface area contributed by atoms with Crippen LogP contribution in [-0.2, 0) is 18.4 Å². The number of nitrogens with one attached hydrogen (secondary N) is 2. The zero-order chi connectivity index (χ0) is 22.0. The highest BCUT2D eigenvalue weighted by Crippen LogP contribution is 2.23. The normalized spacial score (nSPS) is 12.4. The van der Waals surface area contributed by atoms with Crippen LogP contribution in [-0.4, -0.2) is 46.6 Å². The van der Waals surface area contributed by atoms with Gasteiger partial charge in [0, 0.05) is 31.5 Å². The van der Waals surface area contributed by atoms with Gasteiger partial charge in [0.15, 0.2) is 11.1 Å². The second kappa shape index (κ2) is 12.0. The highest BCUT2D eigenvalue weighted by atomic mass is 32.2. The molecule has 1 heterocycles. The zero-order valence-electron chi connectivity index (χ0n) is 19.4. The molecule has 0 aliphatic rings. The van der Waals surface area contributed by atoms with Crippen molar-refractivity contribution in [3.8, 4) is 0 Å². The van der Waals surface area contributed by atoms with Crippen molar-refractivity contribution in [1.29, 1.82) is 0 Å². The first-order chi connectivity index (χ1) is 14.4. The van der Waals surface area contributed by atoms with E-state index in [0.29, 0.717) is 5.92 Å². The SMILES string of the molecule is CCNC(=NCC(C)(C)c1ccccc1)NCCCc1nnc(SC)n1CC(C)C. The molecule has 7 heteroatoms. The molecule has 0 unspecified atom stereocenters. The summed E-state index contributed by atoms with van der Waals surface area (Å²) in [7, 11) is 0. The zero-order valence-corrected chi connectivity index (χ0v) is 20.2. The van der Waals surface area contributed by atoms with Gasteiger partial charge in [0.2, 0.25) is 0 Å². The van der Waals surface area contributed by atoms with Crippen LogP contribution in [0.25, 0.3) is 0 Å². The number of hydrogen-bond donors (Lipinski definition) is 2. The van der Waals surface area contributed by atoms with E-state index in [-0.39, 0.29) is 5.41 Å². The Kier molecular flexibility index (Phi) is 9.69. The molecule has 2 aromatic rings. The summed E-state index contributed by atoms with van der Waals surface area (Å²) in [6.07, 6.45) is 3.95. The van der Waals surface area contributed by atoms with Crippen molar-refractivity contribution in [2.24, 2.45) is 10.9 Å². The molecule has 0 bridgehead atoms. The first-order valence-corrected chi connectivity index (χ1v) is 12.1. The summed E-state index contributed by atoms with van der Waals surface area (Å²) in [6.45, 7) is 14.4. The Balaban J connectivity index is 1.91. The highest BCUT2D eigenvalue weighted by molar-refractivity contribution is 7.98. The maximum absolute atomic E-state index is 4.84. The van der Waals surface area contributed by atoms with Gasteiger partial charge in [0.05, 0.1) is 6.54 Å². The Labute approximate surface area is 186 Å². The van der Waals surface area contributed by atoms with Gasteiger partial charge in [0.25, 0.3) is 0 Å². The van der Waals surface area contributed by atoms with Crippen LogP contribution in [0.1, 0.15) is 52.4 Å². The lowest BCUT2D eigenvalue weighted by Gasteiger charge is -2.24. The van der Waals surface area contributed by atoms with Crippen LogP contribution in [0.2, 0.25) is 0 Å². The van der Waals surface area contributed by atoms with E-state index >= 15 is 0 Å². The van der Waals surface area contributed by atoms with E-state index in [1.54, 1.807) is 11.8 Å². The number of benzene rings is 1. The van der Waals surface area contributed by atoms with Gasteiger partial charge in [-0.15, -0.1) is 10.2 Å². The van der Waals surface area contributed by atoms with E-state index < -0.39 is 0 Å². The Morgan fingerprint density at radius 2 is 1.90 bits per heavy atom. The molecular weight excluding hydrogens is 392 g/mol. The van der Waals surface area contributed by atoms with E-state index in [4.69, 9.17) is 4.99 Å². The summed E-state index contributed by atoms with van der Waals surface area (Å²) >= 11 is 1.66. The lowest BCUT2D eigenvalue weighted by atomic mass is 9.85. The van der Waals surface area contributed by atoms with Gasteiger partial charge in [-0.3, -0.25) is 4.99 Å². The lowest BCUT2D eigenvalue weighted by molar-refractivity contribution is 0.477. The summed E-state index contributed by atoms with van der Waals surface area (Å²) in [5.41, 5.74) is 1.30. The number of hydrogen-bond acceptors (Lipinski definition) is 4. The largest absolute Gasteiger partial charge is 0.357 e. The van der Waals surface area contributed by atoms with Gasteiger partial charge in [-0.2, -0.15) is 0 Å². The van der Waals surface area contributed by atoms with Gasteiger partial charge in [-0.05, 0) is 31.1 Å². The molecule has 1 aromatic heterocycles. The van der Waals surface area contributed by atoms with E-state index in [0.717, 1.165) is 56.0 Å². The van der Waals surface area contributed by atoms with E-state index in [1.807, 2.05) is 0 Å². The molecule has 30 heavy (non-hydrogen) atoms. The predicted molar refractivity (Wildman–Crippen MR) is 128 cm³/mol. The van der Waals surface area contributed by atoms with Crippen molar-refractivity contribution in [1.82, 2.24) is 25.4 Å². The van der Waals surface area contributed by atoms with Crippen molar-refractivity contribution in [2.45, 2.75) is 64.6 Å². The minimum atomic E-state index is -0.00883. The molecular formula is C23H38N6S. The second-order valence-electron chi connectivity index (χ2n) is 8.58. The van der Waals surface area contributed by atoms with Crippen LogP contribution in [0.5, 0.6) is 0 Å². The number of nitrogens with zero attached hydrogens (tertiary/aromatic N) is 4. The molecule has 0 saturated carbocycles. The van der Waals surface area contributed by atoms with Crippen molar-refractivity contribution in [2.75, 3.05) is 25.9 Å². The fourth-order valence-electron chi connectivity index (χ4n) is 3.26. The van der Waals surface area contributed by atoms with Gasteiger partial charge >= 0.3 is 0 Å². The summed E-state index contributed by atoms with van der Waals surface area (Å²) in [5.74, 6) is 2.51. The maximum Gasteiger partial charge on any atom is 0.191 e. The molecule has 0 saturated heterocycles. The molecule has 0 spiro atoms. The van der Waals surface area contributed by atoms with Crippen molar-refractivity contribution in [3.05, 3.63) is 41.7 Å². The van der Waals surface area contributed by atoms with Crippen molar-refractivity contribution < 1.29 is 0 Å². The standard InChI is InChI=1S/C23H38N6S/c1-7-24-21(26-17-23(4,5)19-12-9-8-10-13-19)25-15-11-14-20-27-28-22(30-6)29(20)16-18(2)3/h8-10,12-13,18H,7,11,14-17H2,1-6H3,(H2,24,25,26). The monoisotopic (exact) mass is 430 g/mol. The van der Waals surface area contributed by atoms with E-state index in [1.165, 1.54) is 5.56 Å². The first-order valence-electron chi connectivity index (χ1n) is 10.9. The van der Waals surface area contributed by atoms with Crippen LogP contribution in [0.3, 0.4) is 0 Å². The summed E-state index contributed by atoms with van der Waals surface area (Å²) in [5, 5.41) is 16.6. The van der Waals surface area contributed by atoms with Gasteiger partial charge < -0.3 is 15.2 Å². The van der Waals surface area contributed by atoms with Crippen molar-refractivity contribution in [3.63, 3.8) is 0 Å². The van der Waals surface area contributed by atoms with Crippen LogP contribution in [0, 0.1) is 5.92 Å². The Morgan fingerprint density at radius 3 is 2.53 bits per heavy atom. The number of aryl methyl sites for hydroxylation is 1. The van der Waals surface area contributed by atoms with Crippen molar-refractivity contribution >= 4 is 17.7 Å². The van der Waals surface area contributed by atoms with E-state index in [2.05, 4.69) is 96.6 Å². The highest BCUT2D eigenvalue weighted by Gasteiger charge is 2.20. The fourth-order valence-corrected chi connectivity index (χ4v) is 3.78.